The average molecular weight is 957 g/mol. The van der Waals surface area contributed by atoms with Crippen molar-refractivity contribution in [3.8, 4) is 11.8 Å². The Hall–Kier alpha value is -0.0332. The number of rotatable bonds is 1. The van der Waals surface area contributed by atoms with Crippen molar-refractivity contribution < 1.29 is 119 Å². The number of nitrogens with zero attached hydrogens (tertiary/aromatic N) is 1. The Labute approximate surface area is 265 Å². The molecule has 0 heterocycles. The van der Waals surface area contributed by atoms with Crippen LogP contribution in [0, 0.1) is 22.0 Å². The largest absolute Gasteiger partial charge is 0.456 e. The van der Waals surface area contributed by atoms with Gasteiger partial charge in [-0.1, -0.05) is 30.0 Å². The van der Waals surface area contributed by atoms with Crippen LogP contribution in [-0.2, 0) is 39.0 Å². The van der Waals surface area contributed by atoms with E-state index in [0.29, 0.717) is 0 Å². The Balaban J connectivity index is -0.0000000831. The van der Waals surface area contributed by atoms with Crippen molar-refractivity contribution >= 4 is 58.8 Å². The molecule has 256 valence electrons. The molecule has 2 aromatic rings. The minimum atomic E-state index is -4.12. The van der Waals surface area contributed by atoms with Gasteiger partial charge in [0.2, 0.25) is 0 Å². The fourth-order valence-corrected chi connectivity index (χ4v) is 1.33. The second-order valence-corrected chi connectivity index (χ2v) is 6.87. The third kappa shape index (κ3) is 92.2. The summed E-state index contributed by atoms with van der Waals surface area (Å²) in [5.74, 6) is 5.94. The summed E-state index contributed by atoms with van der Waals surface area (Å²) >= 11 is 0. The molecule has 2 rings (SSSR count). The van der Waals surface area contributed by atoms with Crippen molar-refractivity contribution in [1.29, 1.82) is 0 Å². The Morgan fingerprint density at radius 3 is 0.860 bits per heavy atom. The second kappa shape index (κ2) is 42.0. The third-order valence-electron chi connectivity index (χ3n) is 2.20. The molecule has 0 spiro atoms. The zero-order chi connectivity index (χ0) is 33.6. The topological polar surface area (TPSA) is 43.1 Å². The molecule has 3 nitrogen and oxygen atoms in total. The molecular weight excluding hydrogens is 948 g/mol. The fraction of sp³-hybridized carbons (Fsp3) is 0. The molecule has 0 fully saturated rings. The van der Waals surface area contributed by atoms with Gasteiger partial charge in [-0.2, -0.15) is 75.5 Å². The standard InChI is InChI=1S/C14H9NO2.6F3P.2Rh/c16-15(17)14-10-8-13(9-11-14)7-6-12-4-2-1-3-5-12;6*1-4(2)3;;/h1-5,8-11H;;;;;;;;. The van der Waals surface area contributed by atoms with Gasteiger partial charge in [0.1, 0.15) is 0 Å². The number of hydrogen-bond donors (Lipinski definition) is 0. The number of halogens is 18. The van der Waals surface area contributed by atoms with Crippen LogP contribution in [0.15, 0.2) is 54.6 Å². The number of hydrogen-bond acceptors (Lipinski definition) is 2. The molecule has 0 N–H and O–H groups in total. The van der Waals surface area contributed by atoms with Crippen molar-refractivity contribution in [2.45, 2.75) is 0 Å². The van der Waals surface area contributed by atoms with Crippen LogP contribution in [0.1, 0.15) is 11.1 Å². The minimum Gasteiger partial charge on any atom is -0.258 e. The smallest absolute Gasteiger partial charge is 0.258 e. The Morgan fingerprint density at radius 2 is 0.651 bits per heavy atom. The van der Waals surface area contributed by atoms with Gasteiger partial charge in [-0.15, -0.1) is 0 Å². The van der Waals surface area contributed by atoms with Crippen LogP contribution in [0.25, 0.3) is 0 Å². The molecule has 0 atom stereocenters. The molecule has 0 aliphatic carbocycles. The molecule has 0 saturated carbocycles. The van der Waals surface area contributed by atoms with Gasteiger partial charge >= 0.3 is 53.1 Å². The van der Waals surface area contributed by atoms with Crippen molar-refractivity contribution in [1.82, 2.24) is 0 Å². The number of nitro benzene ring substituents is 1. The fourth-order valence-electron chi connectivity index (χ4n) is 1.33. The van der Waals surface area contributed by atoms with E-state index in [1.807, 2.05) is 30.3 Å². The average Bonchev–Trinajstić information content (AvgIpc) is 2.76. The normalized spacial score (nSPS) is 8.65. The van der Waals surface area contributed by atoms with E-state index in [-0.39, 0.29) is 44.6 Å². The van der Waals surface area contributed by atoms with E-state index < -0.39 is 58.0 Å². The third-order valence-corrected chi connectivity index (χ3v) is 2.20. The first kappa shape index (κ1) is 58.5. The number of nitro groups is 1. The van der Waals surface area contributed by atoms with E-state index >= 15 is 0 Å². The van der Waals surface area contributed by atoms with Gasteiger partial charge in [0.25, 0.3) is 5.69 Å². The van der Waals surface area contributed by atoms with Crippen LogP contribution in [0.5, 0.6) is 0 Å². The molecule has 0 bridgehead atoms. The molecule has 0 amide bonds. The molecule has 2 aromatic carbocycles. The van der Waals surface area contributed by atoms with Gasteiger partial charge in [0, 0.05) is 62.2 Å². The van der Waals surface area contributed by atoms with Crippen molar-refractivity contribution in [3.63, 3.8) is 0 Å². The quantitative estimate of drug-likeness (QED) is 0.0714. The molecule has 0 unspecified atom stereocenters. The maximum absolute atomic E-state index is 10.5. The van der Waals surface area contributed by atoms with Crippen LogP contribution in [-0.4, -0.2) is 4.92 Å². The van der Waals surface area contributed by atoms with Crippen LogP contribution >= 0.6 is 53.1 Å². The molecule has 0 aliphatic rings. The van der Waals surface area contributed by atoms with Crippen LogP contribution in [0.2, 0.25) is 0 Å². The van der Waals surface area contributed by atoms with Crippen LogP contribution in [0.4, 0.5) is 81.2 Å². The first-order valence-electron chi connectivity index (χ1n) is 8.11. The number of benzene rings is 2. The first-order chi connectivity index (χ1) is 18.6. The summed E-state index contributed by atoms with van der Waals surface area (Å²) < 4.78 is 175. The van der Waals surface area contributed by atoms with E-state index in [0.717, 1.165) is 11.1 Å². The summed E-state index contributed by atoms with van der Waals surface area (Å²) in [6, 6.07) is 15.8. The summed E-state index contributed by atoms with van der Waals surface area (Å²) in [6.07, 6.45) is 0. The summed E-state index contributed by atoms with van der Waals surface area (Å²) in [6.45, 7) is 0. The Bertz CT molecular complexity index is 842. The predicted molar refractivity (Wildman–Crippen MR) is 127 cm³/mol. The van der Waals surface area contributed by atoms with Crippen molar-refractivity contribution in [2.75, 3.05) is 0 Å². The zero-order valence-corrected chi connectivity index (χ0v) is 27.8. The van der Waals surface area contributed by atoms with Gasteiger partial charge < -0.3 is 0 Å². The van der Waals surface area contributed by atoms with Crippen LogP contribution in [0.3, 0.4) is 0 Å². The minimum absolute atomic E-state index is 0. The molecule has 43 heavy (non-hydrogen) atoms. The van der Waals surface area contributed by atoms with E-state index in [4.69, 9.17) is 0 Å². The van der Waals surface area contributed by atoms with Gasteiger partial charge in [-0.25, -0.2) is 0 Å². The van der Waals surface area contributed by atoms with E-state index in [9.17, 15) is 85.7 Å². The second-order valence-electron chi connectivity index (χ2n) is 4.57. The van der Waals surface area contributed by atoms with E-state index in [1.54, 1.807) is 12.1 Å². The van der Waals surface area contributed by atoms with Gasteiger partial charge in [-0.05, 0) is 24.3 Å². The molecule has 29 heteroatoms. The molecule has 0 aliphatic heterocycles. The maximum atomic E-state index is 10.5. The molecule has 0 saturated heterocycles. The molecule has 2 radical (unpaired) electrons. The Kier molecular flexibility index (Phi) is 57.1. The van der Waals surface area contributed by atoms with E-state index in [2.05, 4.69) is 11.8 Å². The van der Waals surface area contributed by atoms with Crippen LogP contribution < -0.4 is 0 Å². The van der Waals surface area contributed by atoms with Gasteiger partial charge in [0.15, 0.2) is 0 Å². The number of non-ortho nitro benzene ring substituents is 1. The predicted octanol–water partition coefficient (Wildman–Crippen LogP) is 15.7. The zero-order valence-electron chi connectivity index (χ0n) is 19.1. The molecule has 0 aromatic heterocycles. The molecular formula is C14H9F18NO2P6Rh2. The SMILES string of the molecule is FP(F)F.FP(F)F.FP(F)F.FP(F)F.FP(F)F.FP(F)F.O=[N+]([O-])c1ccc(C#Cc2ccccc2)cc1.[Rh].[Rh]. The maximum Gasteiger partial charge on any atom is 0.456 e. The Morgan fingerprint density at radius 1 is 0.442 bits per heavy atom. The van der Waals surface area contributed by atoms with Gasteiger partial charge in [0.05, 0.1) is 4.92 Å². The summed E-state index contributed by atoms with van der Waals surface area (Å²) in [4.78, 5) is 10.0. The summed E-state index contributed by atoms with van der Waals surface area (Å²) in [5, 5.41) is 10.5. The summed E-state index contributed by atoms with van der Waals surface area (Å²) in [5.41, 5.74) is 1.76. The van der Waals surface area contributed by atoms with Gasteiger partial charge in [-0.3, -0.25) is 10.1 Å². The van der Waals surface area contributed by atoms with Crippen molar-refractivity contribution in [2.24, 2.45) is 0 Å². The summed E-state index contributed by atoms with van der Waals surface area (Å²) in [7, 11) is -24.7. The van der Waals surface area contributed by atoms with E-state index in [1.165, 1.54) is 12.1 Å². The van der Waals surface area contributed by atoms with Crippen molar-refractivity contribution in [3.05, 3.63) is 75.8 Å². The first-order valence-corrected chi connectivity index (χ1v) is 14.2. The monoisotopic (exact) mass is 957 g/mol.